The zero-order valence-corrected chi connectivity index (χ0v) is 11.2. The maximum absolute atomic E-state index is 6.10. The van der Waals surface area contributed by atoms with E-state index in [9.17, 15) is 0 Å². The highest BCUT2D eigenvalue weighted by Crippen LogP contribution is 2.27. The quantitative estimate of drug-likeness (QED) is 0.886. The summed E-state index contributed by atoms with van der Waals surface area (Å²) in [5, 5.41) is 4.25. The second-order valence-electron chi connectivity index (χ2n) is 4.65. The molecular formula is C14H21ClN2. The highest BCUT2D eigenvalue weighted by molar-refractivity contribution is 6.30. The first-order chi connectivity index (χ1) is 8.31. The van der Waals surface area contributed by atoms with Gasteiger partial charge in [-0.25, -0.2) is 0 Å². The van der Waals surface area contributed by atoms with E-state index in [4.69, 9.17) is 11.6 Å². The van der Waals surface area contributed by atoms with Gasteiger partial charge in [-0.15, -0.1) is 0 Å². The van der Waals surface area contributed by atoms with Crippen molar-refractivity contribution in [2.75, 3.05) is 26.2 Å². The Morgan fingerprint density at radius 3 is 2.76 bits per heavy atom. The van der Waals surface area contributed by atoms with Crippen LogP contribution in [0.1, 0.15) is 31.4 Å². The van der Waals surface area contributed by atoms with Gasteiger partial charge in [-0.2, -0.15) is 0 Å². The third-order valence-corrected chi connectivity index (χ3v) is 3.62. The summed E-state index contributed by atoms with van der Waals surface area (Å²) in [7, 11) is 0. The molecule has 0 aliphatic carbocycles. The van der Waals surface area contributed by atoms with E-state index in [2.05, 4.69) is 35.3 Å². The molecule has 1 aromatic carbocycles. The van der Waals surface area contributed by atoms with Crippen LogP contribution in [0.15, 0.2) is 24.3 Å². The molecular weight excluding hydrogens is 232 g/mol. The van der Waals surface area contributed by atoms with Gasteiger partial charge >= 0.3 is 0 Å². The molecule has 3 heteroatoms. The van der Waals surface area contributed by atoms with Gasteiger partial charge in [0.1, 0.15) is 0 Å². The summed E-state index contributed by atoms with van der Waals surface area (Å²) in [6, 6.07) is 8.85. The number of halogens is 1. The Morgan fingerprint density at radius 1 is 1.35 bits per heavy atom. The number of nitrogens with one attached hydrogen (secondary N) is 1. The van der Waals surface area contributed by atoms with Gasteiger partial charge in [-0.3, -0.25) is 4.90 Å². The van der Waals surface area contributed by atoms with Gasteiger partial charge in [0.2, 0.25) is 0 Å². The smallest absolute Gasteiger partial charge is 0.0409 e. The van der Waals surface area contributed by atoms with Crippen LogP contribution in [0.25, 0.3) is 0 Å². The lowest BCUT2D eigenvalue weighted by Crippen LogP contribution is -2.45. The molecule has 1 fully saturated rings. The molecule has 0 bridgehead atoms. The predicted molar refractivity (Wildman–Crippen MR) is 73.5 cm³/mol. The van der Waals surface area contributed by atoms with Gasteiger partial charge in [-0.1, -0.05) is 37.1 Å². The lowest BCUT2D eigenvalue weighted by Gasteiger charge is -2.35. The lowest BCUT2D eigenvalue weighted by molar-refractivity contribution is 0.164. The average molecular weight is 253 g/mol. The van der Waals surface area contributed by atoms with Crippen LogP contribution in [0, 0.1) is 0 Å². The highest BCUT2D eigenvalue weighted by atomic mass is 35.5. The van der Waals surface area contributed by atoms with E-state index >= 15 is 0 Å². The molecule has 0 radical (unpaired) electrons. The molecule has 0 unspecified atom stereocenters. The van der Waals surface area contributed by atoms with Crippen molar-refractivity contribution in [3.63, 3.8) is 0 Å². The molecule has 2 nitrogen and oxygen atoms in total. The van der Waals surface area contributed by atoms with E-state index in [1.54, 1.807) is 0 Å². The van der Waals surface area contributed by atoms with Crippen LogP contribution in [0.3, 0.4) is 0 Å². The monoisotopic (exact) mass is 252 g/mol. The van der Waals surface area contributed by atoms with E-state index < -0.39 is 0 Å². The summed E-state index contributed by atoms with van der Waals surface area (Å²) in [5.41, 5.74) is 1.36. The molecule has 1 N–H and O–H groups in total. The largest absolute Gasteiger partial charge is 0.314 e. The maximum Gasteiger partial charge on any atom is 0.0409 e. The first-order valence-corrected chi connectivity index (χ1v) is 6.89. The van der Waals surface area contributed by atoms with Gasteiger partial charge in [0.05, 0.1) is 0 Å². The van der Waals surface area contributed by atoms with E-state index in [1.165, 1.54) is 18.4 Å². The molecule has 1 aromatic rings. The molecule has 1 aliphatic heterocycles. The van der Waals surface area contributed by atoms with E-state index in [1.807, 2.05) is 6.07 Å². The SMILES string of the molecule is CCC[C@H](c1cccc(Cl)c1)N1CCNCC1. The average Bonchev–Trinajstić information content (AvgIpc) is 2.37. The van der Waals surface area contributed by atoms with Crippen LogP contribution in [0.2, 0.25) is 5.02 Å². The first kappa shape index (κ1) is 12.9. The second kappa shape index (κ2) is 6.39. The molecule has 1 aliphatic rings. The van der Waals surface area contributed by atoms with Crippen LogP contribution >= 0.6 is 11.6 Å². The third kappa shape index (κ3) is 3.44. The Labute approximate surface area is 109 Å². The number of rotatable bonds is 4. The summed E-state index contributed by atoms with van der Waals surface area (Å²) >= 11 is 6.10. The van der Waals surface area contributed by atoms with Gasteiger partial charge < -0.3 is 5.32 Å². The van der Waals surface area contributed by atoms with Crippen molar-refractivity contribution >= 4 is 11.6 Å². The molecule has 1 atom stereocenters. The Kier molecular flexibility index (Phi) is 4.84. The first-order valence-electron chi connectivity index (χ1n) is 6.51. The van der Waals surface area contributed by atoms with Gasteiger partial charge in [-0.05, 0) is 24.1 Å². The fourth-order valence-corrected chi connectivity index (χ4v) is 2.74. The third-order valence-electron chi connectivity index (χ3n) is 3.39. The number of piperazine rings is 1. The molecule has 17 heavy (non-hydrogen) atoms. The summed E-state index contributed by atoms with van der Waals surface area (Å²) in [6.45, 7) is 6.72. The molecule has 0 aromatic heterocycles. The van der Waals surface area contributed by atoms with Crippen LogP contribution < -0.4 is 5.32 Å². The molecule has 94 valence electrons. The fourth-order valence-electron chi connectivity index (χ4n) is 2.54. The summed E-state index contributed by atoms with van der Waals surface area (Å²) in [5.74, 6) is 0. The van der Waals surface area contributed by atoms with E-state index in [0.717, 1.165) is 31.2 Å². The van der Waals surface area contributed by atoms with E-state index in [0.29, 0.717) is 6.04 Å². The normalized spacial score (nSPS) is 19.2. The number of hydrogen-bond donors (Lipinski definition) is 1. The zero-order valence-electron chi connectivity index (χ0n) is 10.5. The van der Waals surface area contributed by atoms with Crippen LogP contribution in [-0.4, -0.2) is 31.1 Å². The minimum atomic E-state index is 0.529. The molecule has 1 saturated heterocycles. The zero-order chi connectivity index (χ0) is 12.1. The molecule has 2 rings (SSSR count). The number of benzene rings is 1. The van der Waals surface area contributed by atoms with Crippen LogP contribution in [0.5, 0.6) is 0 Å². The molecule has 0 amide bonds. The maximum atomic E-state index is 6.10. The predicted octanol–water partition coefficient (Wildman–Crippen LogP) is 3.09. The number of hydrogen-bond acceptors (Lipinski definition) is 2. The van der Waals surface area contributed by atoms with Crippen molar-refractivity contribution in [2.45, 2.75) is 25.8 Å². The summed E-state index contributed by atoms with van der Waals surface area (Å²) in [4.78, 5) is 2.58. The van der Waals surface area contributed by atoms with Crippen LogP contribution in [0.4, 0.5) is 0 Å². The topological polar surface area (TPSA) is 15.3 Å². The van der Waals surface area contributed by atoms with E-state index in [-0.39, 0.29) is 0 Å². The minimum Gasteiger partial charge on any atom is -0.314 e. The highest BCUT2D eigenvalue weighted by Gasteiger charge is 2.21. The van der Waals surface area contributed by atoms with Crippen molar-refractivity contribution < 1.29 is 0 Å². The number of nitrogens with zero attached hydrogens (tertiary/aromatic N) is 1. The van der Waals surface area contributed by atoms with Gasteiger partial charge in [0.25, 0.3) is 0 Å². The fraction of sp³-hybridized carbons (Fsp3) is 0.571. The lowest BCUT2D eigenvalue weighted by atomic mass is 10.00. The van der Waals surface area contributed by atoms with Crippen molar-refractivity contribution in [3.05, 3.63) is 34.9 Å². The van der Waals surface area contributed by atoms with Crippen molar-refractivity contribution in [3.8, 4) is 0 Å². The standard InChI is InChI=1S/C14H21ClN2/c1-2-4-14(17-9-7-16-8-10-17)12-5-3-6-13(15)11-12/h3,5-6,11,14,16H,2,4,7-10H2,1H3/t14-/m1/s1. The Morgan fingerprint density at radius 2 is 2.12 bits per heavy atom. The summed E-state index contributed by atoms with van der Waals surface area (Å²) in [6.07, 6.45) is 2.42. The second-order valence-corrected chi connectivity index (χ2v) is 5.08. The molecule has 0 saturated carbocycles. The Hall–Kier alpha value is -0.570. The minimum absolute atomic E-state index is 0.529. The van der Waals surface area contributed by atoms with Crippen molar-refractivity contribution in [2.24, 2.45) is 0 Å². The summed E-state index contributed by atoms with van der Waals surface area (Å²) < 4.78 is 0. The van der Waals surface area contributed by atoms with Crippen molar-refractivity contribution in [1.82, 2.24) is 10.2 Å². The molecule has 0 spiro atoms. The van der Waals surface area contributed by atoms with Gasteiger partial charge in [0, 0.05) is 37.2 Å². The van der Waals surface area contributed by atoms with Crippen molar-refractivity contribution in [1.29, 1.82) is 0 Å². The Bertz CT molecular complexity index is 348. The van der Waals surface area contributed by atoms with Gasteiger partial charge in [0.15, 0.2) is 0 Å². The Balaban J connectivity index is 2.15. The molecule has 1 heterocycles. The van der Waals surface area contributed by atoms with Crippen LogP contribution in [-0.2, 0) is 0 Å².